The summed E-state index contributed by atoms with van der Waals surface area (Å²) >= 11 is 0. The Balaban J connectivity index is 2.82. The van der Waals surface area contributed by atoms with Gasteiger partial charge in [-0.2, -0.15) is 0 Å². The fourth-order valence-electron chi connectivity index (χ4n) is 1.89. The number of carbonyl (C=O) groups excluding carboxylic acids is 1. The molecular formula is C14H23N3O3. The van der Waals surface area contributed by atoms with Crippen LogP contribution in [0.15, 0.2) is 23.1 Å². The van der Waals surface area contributed by atoms with Crippen molar-refractivity contribution < 1.29 is 9.53 Å². The topological polar surface area (TPSA) is 86.3 Å². The first-order chi connectivity index (χ1) is 9.49. The van der Waals surface area contributed by atoms with Crippen molar-refractivity contribution in [1.82, 2.24) is 4.57 Å². The van der Waals surface area contributed by atoms with E-state index in [9.17, 15) is 9.59 Å². The number of anilines is 1. The molecule has 1 heterocycles. The lowest BCUT2D eigenvalue weighted by Crippen LogP contribution is -2.33. The smallest absolute Gasteiger partial charge is 0.250 e. The molecule has 20 heavy (non-hydrogen) atoms. The first kappa shape index (κ1) is 16.4. The number of nitrogens with zero attached hydrogens (tertiary/aromatic N) is 1. The van der Waals surface area contributed by atoms with Crippen molar-refractivity contribution in [3.8, 4) is 0 Å². The third kappa shape index (κ3) is 4.47. The van der Waals surface area contributed by atoms with E-state index in [2.05, 4.69) is 5.32 Å². The lowest BCUT2D eigenvalue weighted by atomic mass is 9.95. The van der Waals surface area contributed by atoms with E-state index in [-0.39, 0.29) is 23.3 Å². The summed E-state index contributed by atoms with van der Waals surface area (Å²) in [6, 6.07) is 3.02. The molecule has 0 aliphatic rings. The maximum atomic E-state index is 12.1. The van der Waals surface area contributed by atoms with E-state index in [4.69, 9.17) is 10.5 Å². The predicted octanol–water partition coefficient (Wildman–Crippen LogP) is 0.664. The molecule has 3 N–H and O–H groups in total. The van der Waals surface area contributed by atoms with Gasteiger partial charge in [0.1, 0.15) is 0 Å². The Morgan fingerprint density at radius 2 is 2.15 bits per heavy atom. The molecule has 6 heteroatoms. The zero-order valence-electron chi connectivity index (χ0n) is 12.3. The predicted molar refractivity (Wildman–Crippen MR) is 78.6 cm³/mol. The van der Waals surface area contributed by atoms with Crippen LogP contribution in [-0.4, -0.2) is 30.7 Å². The van der Waals surface area contributed by atoms with E-state index in [1.807, 2.05) is 13.8 Å². The monoisotopic (exact) mass is 281 g/mol. The maximum absolute atomic E-state index is 12.1. The number of ether oxygens (including phenoxy) is 1. The standard InChI is InChI=1S/C14H23N3O3/c1-10(2)12(8-15)14(19)16-11-4-5-13(18)17(9-11)6-7-20-3/h4-5,9-10,12H,6-8,15H2,1-3H3,(H,16,19). The Bertz CT molecular complexity index is 497. The van der Waals surface area contributed by atoms with Crippen LogP contribution in [0.25, 0.3) is 0 Å². The quantitative estimate of drug-likeness (QED) is 0.769. The Morgan fingerprint density at radius 1 is 1.45 bits per heavy atom. The summed E-state index contributed by atoms with van der Waals surface area (Å²) < 4.78 is 6.45. The van der Waals surface area contributed by atoms with E-state index >= 15 is 0 Å². The second kappa shape index (κ2) is 7.81. The molecule has 112 valence electrons. The highest BCUT2D eigenvalue weighted by atomic mass is 16.5. The zero-order chi connectivity index (χ0) is 15.1. The summed E-state index contributed by atoms with van der Waals surface area (Å²) in [5.41, 5.74) is 6.08. The van der Waals surface area contributed by atoms with E-state index < -0.39 is 0 Å². The summed E-state index contributed by atoms with van der Waals surface area (Å²) in [7, 11) is 1.57. The van der Waals surface area contributed by atoms with Gasteiger partial charge in [0.2, 0.25) is 5.91 Å². The van der Waals surface area contributed by atoms with Gasteiger partial charge in [-0.1, -0.05) is 13.8 Å². The Hall–Kier alpha value is -1.66. The maximum Gasteiger partial charge on any atom is 0.250 e. The summed E-state index contributed by atoms with van der Waals surface area (Å²) in [4.78, 5) is 23.7. The average Bonchev–Trinajstić information content (AvgIpc) is 2.39. The van der Waals surface area contributed by atoms with Crippen molar-refractivity contribution in [2.45, 2.75) is 20.4 Å². The van der Waals surface area contributed by atoms with Gasteiger partial charge in [-0.15, -0.1) is 0 Å². The summed E-state index contributed by atoms with van der Waals surface area (Å²) in [5.74, 6) is -0.201. The highest BCUT2D eigenvalue weighted by Crippen LogP contribution is 2.13. The van der Waals surface area contributed by atoms with Crippen LogP contribution in [0.5, 0.6) is 0 Å². The molecule has 0 aliphatic heterocycles. The highest BCUT2D eigenvalue weighted by Gasteiger charge is 2.20. The van der Waals surface area contributed by atoms with Crippen molar-refractivity contribution >= 4 is 11.6 Å². The molecule has 0 radical (unpaired) electrons. The van der Waals surface area contributed by atoms with Crippen molar-refractivity contribution in [3.05, 3.63) is 28.7 Å². The van der Waals surface area contributed by atoms with Crippen LogP contribution >= 0.6 is 0 Å². The third-order valence-corrected chi connectivity index (χ3v) is 3.18. The lowest BCUT2D eigenvalue weighted by Gasteiger charge is -2.18. The van der Waals surface area contributed by atoms with Crippen LogP contribution in [0.2, 0.25) is 0 Å². The molecule has 0 saturated carbocycles. The van der Waals surface area contributed by atoms with Crippen LogP contribution in [0, 0.1) is 11.8 Å². The molecule has 6 nitrogen and oxygen atoms in total. The van der Waals surface area contributed by atoms with Gasteiger partial charge in [-0.25, -0.2) is 0 Å². The molecule has 0 aliphatic carbocycles. The van der Waals surface area contributed by atoms with Crippen LogP contribution < -0.4 is 16.6 Å². The number of hydrogen-bond acceptors (Lipinski definition) is 4. The van der Waals surface area contributed by atoms with Crippen molar-refractivity contribution in [2.24, 2.45) is 17.6 Å². The molecule has 0 bridgehead atoms. The van der Waals surface area contributed by atoms with Gasteiger partial charge in [-0.05, 0) is 12.0 Å². The fraction of sp³-hybridized carbons (Fsp3) is 0.571. The van der Waals surface area contributed by atoms with Crippen LogP contribution in [0.3, 0.4) is 0 Å². The van der Waals surface area contributed by atoms with Gasteiger partial charge in [0.25, 0.3) is 5.56 Å². The number of methoxy groups -OCH3 is 1. The molecular weight excluding hydrogens is 258 g/mol. The Labute approximate surface area is 118 Å². The number of amides is 1. The lowest BCUT2D eigenvalue weighted by molar-refractivity contribution is -0.120. The molecule has 1 aromatic rings. The van der Waals surface area contributed by atoms with Gasteiger partial charge in [0, 0.05) is 32.5 Å². The van der Waals surface area contributed by atoms with Crippen molar-refractivity contribution in [1.29, 1.82) is 0 Å². The fourth-order valence-corrected chi connectivity index (χ4v) is 1.89. The molecule has 0 aromatic carbocycles. The number of hydrogen-bond donors (Lipinski definition) is 2. The number of nitrogens with one attached hydrogen (secondary N) is 1. The van der Waals surface area contributed by atoms with E-state index in [0.717, 1.165) is 0 Å². The summed E-state index contributed by atoms with van der Waals surface area (Å²) in [6.45, 7) is 5.10. The van der Waals surface area contributed by atoms with Crippen molar-refractivity contribution in [3.63, 3.8) is 0 Å². The minimum atomic E-state index is -0.241. The van der Waals surface area contributed by atoms with Gasteiger partial charge < -0.3 is 20.4 Å². The number of nitrogens with two attached hydrogens (primary N) is 1. The van der Waals surface area contributed by atoms with Crippen LogP contribution in [-0.2, 0) is 16.1 Å². The minimum Gasteiger partial charge on any atom is -0.383 e. The minimum absolute atomic E-state index is 0.126. The molecule has 0 fully saturated rings. The Kier molecular flexibility index (Phi) is 6.41. The number of rotatable bonds is 7. The Morgan fingerprint density at radius 3 is 2.70 bits per heavy atom. The summed E-state index contributed by atoms with van der Waals surface area (Å²) in [6.07, 6.45) is 1.62. The molecule has 0 spiro atoms. The van der Waals surface area contributed by atoms with Gasteiger partial charge in [0.05, 0.1) is 18.2 Å². The second-order valence-electron chi connectivity index (χ2n) is 5.02. The third-order valence-electron chi connectivity index (χ3n) is 3.18. The molecule has 1 atom stereocenters. The number of aromatic nitrogens is 1. The second-order valence-corrected chi connectivity index (χ2v) is 5.02. The molecule has 1 unspecified atom stereocenters. The SMILES string of the molecule is COCCn1cc(NC(=O)C(CN)C(C)C)ccc1=O. The van der Waals surface area contributed by atoms with Gasteiger partial charge in [0.15, 0.2) is 0 Å². The first-order valence-corrected chi connectivity index (χ1v) is 6.70. The first-order valence-electron chi connectivity index (χ1n) is 6.70. The van der Waals surface area contributed by atoms with Gasteiger partial charge >= 0.3 is 0 Å². The molecule has 0 saturated heterocycles. The molecule has 1 rings (SSSR count). The van der Waals surface area contributed by atoms with Crippen LogP contribution in [0.4, 0.5) is 5.69 Å². The highest BCUT2D eigenvalue weighted by molar-refractivity contribution is 5.92. The van der Waals surface area contributed by atoms with Gasteiger partial charge in [-0.3, -0.25) is 9.59 Å². The number of pyridine rings is 1. The zero-order valence-corrected chi connectivity index (χ0v) is 12.3. The van der Waals surface area contributed by atoms with E-state index in [1.165, 1.54) is 10.6 Å². The summed E-state index contributed by atoms with van der Waals surface area (Å²) in [5, 5.41) is 2.80. The van der Waals surface area contributed by atoms with E-state index in [0.29, 0.717) is 25.4 Å². The van der Waals surface area contributed by atoms with Crippen LogP contribution in [0.1, 0.15) is 13.8 Å². The average molecular weight is 281 g/mol. The normalized spacial score (nSPS) is 12.4. The molecule has 1 aromatic heterocycles. The largest absolute Gasteiger partial charge is 0.383 e. The van der Waals surface area contributed by atoms with E-state index in [1.54, 1.807) is 19.4 Å². The molecule has 1 amide bonds. The van der Waals surface area contributed by atoms with Crippen molar-refractivity contribution in [2.75, 3.05) is 25.6 Å². The number of carbonyl (C=O) groups is 1.